The van der Waals surface area contributed by atoms with Crippen LogP contribution >= 0.6 is 0 Å². The molecule has 1 unspecified atom stereocenters. The van der Waals surface area contributed by atoms with Crippen LogP contribution in [-0.2, 0) is 0 Å². The highest BCUT2D eigenvalue weighted by Gasteiger charge is 2.28. The van der Waals surface area contributed by atoms with Crippen LogP contribution in [0, 0.1) is 5.82 Å². The SMILES string of the molecule is Fc1ccc2c(c1)C(c1ncnc3c1cnn3C1CCCCC1)CN2. The molecule has 3 aromatic rings. The van der Waals surface area contributed by atoms with Crippen molar-refractivity contribution in [2.75, 3.05) is 11.9 Å². The lowest BCUT2D eigenvalue weighted by Crippen LogP contribution is -2.14. The molecule has 1 atom stereocenters. The molecule has 1 aromatic carbocycles. The zero-order valence-corrected chi connectivity index (χ0v) is 14.0. The van der Waals surface area contributed by atoms with Crippen molar-refractivity contribution in [3.63, 3.8) is 0 Å². The summed E-state index contributed by atoms with van der Waals surface area (Å²) < 4.78 is 15.8. The number of benzene rings is 1. The molecule has 6 heteroatoms. The van der Waals surface area contributed by atoms with Gasteiger partial charge in [-0.25, -0.2) is 19.0 Å². The summed E-state index contributed by atoms with van der Waals surface area (Å²) in [5, 5.41) is 8.98. The lowest BCUT2D eigenvalue weighted by Gasteiger charge is -2.22. The average Bonchev–Trinajstić information content (AvgIpc) is 3.26. The molecule has 0 saturated heterocycles. The van der Waals surface area contributed by atoms with E-state index in [2.05, 4.69) is 25.1 Å². The fourth-order valence-electron chi connectivity index (χ4n) is 4.30. The predicted molar refractivity (Wildman–Crippen MR) is 94.2 cm³/mol. The Balaban J connectivity index is 1.60. The Kier molecular flexibility index (Phi) is 3.43. The van der Waals surface area contributed by atoms with Crippen molar-refractivity contribution in [1.82, 2.24) is 19.7 Å². The second-order valence-electron chi connectivity index (χ2n) is 7.04. The standard InChI is InChI=1S/C19H20FN5/c20-12-6-7-17-14(8-12)15(9-21-17)18-16-10-24-25(19(16)23-11-22-18)13-4-2-1-3-5-13/h6-8,10-11,13,15,21H,1-5,9H2. The fourth-order valence-corrected chi connectivity index (χ4v) is 4.30. The van der Waals surface area contributed by atoms with Crippen LogP contribution in [-0.4, -0.2) is 26.3 Å². The number of anilines is 1. The second kappa shape index (κ2) is 5.79. The maximum atomic E-state index is 13.7. The van der Waals surface area contributed by atoms with Crippen molar-refractivity contribution in [2.45, 2.75) is 44.1 Å². The van der Waals surface area contributed by atoms with Crippen LogP contribution in [0.3, 0.4) is 0 Å². The third-order valence-corrected chi connectivity index (χ3v) is 5.56. The largest absolute Gasteiger partial charge is 0.384 e. The minimum atomic E-state index is -0.212. The van der Waals surface area contributed by atoms with Crippen molar-refractivity contribution in [2.24, 2.45) is 0 Å². The van der Waals surface area contributed by atoms with E-state index in [0.29, 0.717) is 6.04 Å². The lowest BCUT2D eigenvalue weighted by atomic mass is 9.95. The van der Waals surface area contributed by atoms with E-state index < -0.39 is 0 Å². The van der Waals surface area contributed by atoms with Gasteiger partial charge in [0.1, 0.15) is 12.1 Å². The van der Waals surface area contributed by atoms with Crippen LogP contribution in [0.25, 0.3) is 11.0 Å². The molecule has 5 rings (SSSR count). The van der Waals surface area contributed by atoms with E-state index in [1.165, 1.54) is 25.3 Å². The maximum absolute atomic E-state index is 13.7. The molecule has 0 radical (unpaired) electrons. The Morgan fingerprint density at radius 3 is 2.88 bits per heavy atom. The van der Waals surface area contributed by atoms with Gasteiger partial charge in [0, 0.05) is 18.2 Å². The van der Waals surface area contributed by atoms with Gasteiger partial charge in [-0.3, -0.25) is 0 Å². The average molecular weight is 337 g/mol. The quantitative estimate of drug-likeness (QED) is 0.767. The molecule has 25 heavy (non-hydrogen) atoms. The number of halogens is 1. The van der Waals surface area contributed by atoms with Crippen LogP contribution in [0.2, 0.25) is 0 Å². The van der Waals surface area contributed by atoms with Gasteiger partial charge in [-0.15, -0.1) is 0 Å². The molecule has 2 aromatic heterocycles. The zero-order chi connectivity index (χ0) is 16.8. The molecule has 1 N–H and O–H groups in total. The van der Waals surface area contributed by atoms with Gasteiger partial charge < -0.3 is 5.32 Å². The molecule has 0 amide bonds. The topological polar surface area (TPSA) is 55.6 Å². The number of nitrogens with one attached hydrogen (secondary N) is 1. The molecule has 0 bridgehead atoms. The summed E-state index contributed by atoms with van der Waals surface area (Å²) in [4.78, 5) is 9.07. The number of hydrogen-bond acceptors (Lipinski definition) is 4. The summed E-state index contributed by atoms with van der Waals surface area (Å²) in [7, 11) is 0. The molecule has 1 saturated carbocycles. The summed E-state index contributed by atoms with van der Waals surface area (Å²) in [5.74, 6) is -0.184. The Hall–Kier alpha value is -2.50. The van der Waals surface area contributed by atoms with Crippen molar-refractivity contribution < 1.29 is 4.39 Å². The van der Waals surface area contributed by atoms with E-state index >= 15 is 0 Å². The lowest BCUT2D eigenvalue weighted by molar-refractivity contribution is 0.336. The monoisotopic (exact) mass is 337 g/mol. The number of nitrogens with zero attached hydrogens (tertiary/aromatic N) is 4. The molecule has 3 heterocycles. The van der Waals surface area contributed by atoms with E-state index in [-0.39, 0.29) is 11.7 Å². The number of aromatic nitrogens is 4. The first kappa shape index (κ1) is 14.8. The van der Waals surface area contributed by atoms with E-state index in [1.807, 2.05) is 6.20 Å². The highest BCUT2D eigenvalue weighted by atomic mass is 19.1. The van der Waals surface area contributed by atoms with E-state index in [4.69, 9.17) is 0 Å². The van der Waals surface area contributed by atoms with Crippen molar-refractivity contribution in [1.29, 1.82) is 0 Å². The summed E-state index contributed by atoms with van der Waals surface area (Å²) in [6.07, 6.45) is 9.65. The van der Waals surface area contributed by atoms with Crippen molar-refractivity contribution >= 4 is 16.7 Å². The number of fused-ring (bicyclic) bond motifs is 2. The van der Waals surface area contributed by atoms with Gasteiger partial charge in [0.25, 0.3) is 0 Å². The predicted octanol–water partition coefficient (Wildman–Crippen LogP) is 4.03. The van der Waals surface area contributed by atoms with Crippen LogP contribution in [0.1, 0.15) is 55.3 Å². The first-order valence-corrected chi connectivity index (χ1v) is 9.02. The zero-order valence-electron chi connectivity index (χ0n) is 14.0. The molecule has 128 valence electrons. The van der Waals surface area contributed by atoms with Crippen molar-refractivity contribution in [3.8, 4) is 0 Å². The minimum absolute atomic E-state index is 0.0280. The van der Waals surface area contributed by atoms with E-state index in [0.717, 1.165) is 47.4 Å². The van der Waals surface area contributed by atoms with Crippen LogP contribution in [0.5, 0.6) is 0 Å². The Morgan fingerprint density at radius 2 is 2.00 bits per heavy atom. The molecular weight excluding hydrogens is 317 g/mol. The first-order chi connectivity index (χ1) is 12.3. The van der Waals surface area contributed by atoms with Gasteiger partial charge in [-0.05, 0) is 36.6 Å². The third-order valence-electron chi connectivity index (χ3n) is 5.56. The molecule has 1 aliphatic carbocycles. The second-order valence-corrected chi connectivity index (χ2v) is 7.04. The molecule has 5 nitrogen and oxygen atoms in total. The van der Waals surface area contributed by atoms with E-state index in [9.17, 15) is 4.39 Å². The summed E-state index contributed by atoms with van der Waals surface area (Å²) in [6, 6.07) is 5.33. The summed E-state index contributed by atoms with van der Waals surface area (Å²) in [6.45, 7) is 0.722. The van der Waals surface area contributed by atoms with Crippen LogP contribution in [0.15, 0.2) is 30.7 Å². The Morgan fingerprint density at radius 1 is 1.12 bits per heavy atom. The fraction of sp³-hybridized carbons (Fsp3) is 0.421. The smallest absolute Gasteiger partial charge is 0.161 e. The van der Waals surface area contributed by atoms with Crippen LogP contribution in [0.4, 0.5) is 10.1 Å². The van der Waals surface area contributed by atoms with Crippen LogP contribution < -0.4 is 5.32 Å². The first-order valence-electron chi connectivity index (χ1n) is 9.02. The number of rotatable bonds is 2. The van der Waals surface area contributed by atoms with Crippen molar-refractivity contribution in [3.05, 3.63) is 47.8 Å². The molecule has 0 spiro atoms. The maximum Gasteiger partial charge on any atom is 0.161 e. The summed E-state index contributed by atoms with van der Waals surface area (Å²) >= 11 is 0. The van der Waals surface area contributed by atoms with Gasteiger partial charge in [0.15, 0.2) is 5.65 Å². The Labute approximate surface area is 145 Å². The molecular formula is C19H20FN5. The van der Waals surface area contributed by atoms with E-state index in [1.54, 1.807) is 18.5 Å². The number of hydrogen-bond donors (Lipinski definition) is 1. The van der Waals surface area contributed by atoms with Gasteiger partial charge >= 0.3 is 0 Å². The van der Waals surface area contributed by atoms with Gasteiger partial charge in [0.2, 0.25) is 0 Å². The molecule has 2 aliphatic rings. The Bertz CT molecular complexity index is 929. The highest BCUT2D eigenvalue weighted by Crippen LogP contribution is 2.38. The third kappa shape index (κ3) is 2.39. The normalized spacial score (nSPS) is 20.6. The summed E-state index contributed by atoms with van der Waals surface area (Å²) in [5.41, 5.74) is 3.79. The van der Waals surface area contributed by atoms with Gasteiger partial charge in [-0.2, -0.15) is 5.10 Å². The van der Waals surface area contributed by atoms with Gasteiger partial charge in [0.05, 0.1) is 23.3 Å². The molecule has 1 aliphatic heterocycles. The minimum Gasteiger partial charge on any atom is -0.384 e. The highest BCUT2D eigenvalue weighted by molar-refractivity contribution is 5.79. The van der Waals surface area contributed by atoms with Gasteiger partial charge in [-0.1, -0.05) is 19.3 Å². The molecule has 1 fully saturated rings.